The van der Waals surface area contributed by atoms with E-state index in [4.69, 9.17) is 4.74 Å². The smallest absolute Gasteiger partial charge is 0.250 e. The number of para-hydroxylation sites is 3. The van der Waals surface area contributed by atoms with Crippen LogP contribution in [0.4, 0.5) is 11.4 Å². The second-order valence-electron chi connectivity index (χ2n) is 8.60. The molecule has 30 heavy (non-hydrogen) atoms. The molecule has 6 heteroatoms. The van der Waals surface area contributed by atoms with Gasteiger partial charge in [0.15, 0.2) is 0 Å². The van der Waals surface area contributed by atoms with Crippen LogP contribution in [0, 0.1) is 5.92 Å². The molecule has 2 heterocycles. The summed E-state index contributed by atoms with van der Waals surface area (Å²) in [7, 11) is 0. The number of likely N-dealkylation sites (tertiary alicyclic amines) is 1. The number of hydrogen-bond donors (Lipinski definition) is 1. The van der Waals surface area contributed by atoms with Crippen LogP contribution < -0.4 is 15.0 Å². The van der Waals surface area contributed by atoms with Gasteiger partial charge in [0.05, 0.1) is 24.5 Å². The topological polar surface area (TPSA) is 61.9 Å². The lowest BCUT2D eigenvalue weighted by Crippen LogP contribution is -2.60. The lowest BCUT2D eigenvalue weighted by atomic mass is 9.95. The molecule has 1 N–H and O–H groups in total. The summed E-state index contributed by atoms with van der Waals surface area (Å²) in [6.45, 7) is 6.33. The number of piperidine rings is 1. The molecule has 2 aromatic carbocycles. The number of ether oxygens (including phenoxy) is 1. The number of carbonyl (C=O) groups excluding carboxylic acids is 2. The predicted molar refractivity (Wildman–Crippen MR) is 118 cm³/mol. The molecule has 0 bridgehead atoms. The fourth-order valence-corrected chi connectivity index (χ4v) is 4.20. The van der Waals surface area contributed by atoms with Crippen molar-refractivity contribution in [2.75, 3.05) is 36.5 Å². The van der Waals surface area contributed by atoms with Gasteiger partial charge in [-0.2, -0.15) is 0 Å². The number of hydrogen-bond acceptors (Lipinski definition) is 4. The van der Waals surface area contributed by atoms with E-state index in [2.05, 4.69) is 10.2 Å². The molecule has 6 nitrogen and oxygen atoms in total. The van der Waals surface area contributed by atoms with E-state index in [1.807, 2.05) is 54.6 Å². The molecule has 2 aromatic rings. The molecule has 2 aliphatic heterocycles. The summed E-state index contributed by atoms with van der Waals surface area (Å²) in [5.41, 5.74) is 0.526. The Morgan fingerprint density at radius 1 is 1.07 bits per heavy atom. The number of benzene rings is 2. The average Bonchev–Trinajstić information content (AvgIpc) is 2.74. The summed E-state index contributed by atoms with van der Waals surface area (Å²) in [6, 6.07) is 17.4. The van der Waals surface area contributed by atoms with Gasteiger partial charge in [-0.15, -0.1) is 0 Å². The number of amides is 2. The quantitative estimate of drug-likeness (QED) is 0.824. The van der Waals surface area contributed by atoms with Crippen molar-refractivity contribution in [3.05, 3.63) is 54.6 Å². The van der Waals surface area contributed by atoms with Gasteiger partial charge in [0.1, 0.15) is 11.3 Å². The van der Waals surface area contributed by atoms with Gasteiger partial charge in [-0.3, -0.25) is 19.4 Å². The summed E-state index contributed by atoms with van der Waals surface area (Å²) in [5.74, 6) is 1.20. The van der Waals surface area contributed by atoms with Crippen molar-refractivity contribution in [2.24, 2.45) is 5.92 Å². The van der Waals surface area contributed by atoms with Crippen LogP contribution in [0.5, 0.6) is 5.75 Å². The fraction of sp³-hybridized carbons (Fsp3) is 0.417. The van der Waals surface area contributed by atoms with Crippen molar-refractivity contribution >= 4 is 23.2 Å². The van der Waals surface area contributed by atoms with Gasteiger partial charge in [0.25, 0.3) is 0 Å². The lowest BCUT2D eigenvalue weighted by Gasteiger charge is -2.43. The zero-order chi connectivity index (χ0) is 21.1. The lowest BCUT2D eigenvalue weighted by molar-refractivity contribution is -0.127. The Morgan fingerprint density at radius 2 is 1.73 bits per heavy atom. The average molecular weight is 408 g/mol. The normalized spacial score (nSPS) is 19.1. The van der Waals surface area contributed by atoms with Gasteiger partial charge >= 0.3 is 0 Å². The number of anilines is 2. The molecule has 4 rings (SSSR count). The summed E-state index contributed by atoms with van der Waals surface area (Å²) in [6.07, 6.45) is 2.00. The Hall–Kier alpha value is -2.86. The second-order valence-corrected chi connectivity index (χ2v) is 8.60. The standard InChI is InChI=1S/C24H29N3O3/c1-24(2)23(29)25-20-10-6-7-11-21(20)27(24)22(28)16-26-14-12-18(13-15-26)17-30-19-8-4-3-5-9-19/h3-11,18H,12-17H2,1-2H3,(H,25,29). The van der Waals surface area contributed by atoms with Crippen molar-refractivity contribution < 1.29 is 14.3 Å². The zero-order valence-corrected chi connectivity index (χ0v) is 17.6. The van der Waals surface area contributed by atoms with E-state index in [0.717, 1.165) is 37.4 Å². The van der Waals surface area contributed by atoms with Gasteiger partial charge in [0, 0.05) is 0 Å². The molecule has 0 atom stereocenters. The minimum absolute atomic E-state index is 0.0405. The van der Waals surface area contributed by atoms with Crippen molar-refractivity contribution in [3.63, 3.8) is 0 Å². The van der Waals surface area contributed by atoms with E-state index in [1.165, 1.54) is 0 Å². The number of rotatable bonds is 5. The van der Waals surface area contributed by atoms with E-state index < -0.39 is 5.54 Å². The Labute approximate surface area is 177 Å². The summed E-state index contributed by atoms with van der Waals surface area (Å²) in [4.78, 5) is 29.7. The minimum atomic E-state index is -0.923. The molecule has 2 aliphatic rings. The number of nitrogens with zero attached hydrogens (tertiary/aromatic N) is 2. The summed E-state index contributed by atoms with van der Waals surface area (Å²) >= 11 is 0. The van der Waals surface area contributed by atoms with Gasteiger partial charge in [-0.25, -0.2) is 0 Å². The predicted octanol–water partition coefficient (Wildman–Crippen LogP) is 3.54. The third kappa shape index (κ3) is 4.19. The third-order valence-corrected chi connectivity index (χ3v) is 6.05. The van der Waals surface area contributed by atoms with Crippen LogP contribution in [-0.4, -0.2) is 48.5 Å². The highest BCUT2D eigenvalue weighted by Gasteiger charge is 2.43. The SMILES string of the molecule is CC1(C)C(=O)Nc2ccccc2N1C(=O)CN1CCC(COc2ccccc2)CC1. The first-order valence-corrected chi connectivity index (χ1v) is 10.6. The monoisotopic (exact) mass is 407 g/mol. The maximum Gasteiger partial charge on any atom is 0.250 e. The third-order valence-electron chi connectivity index (χ3n) is 6.05. The molecule has 0 spiro atoms. The molecule has 0 unspecified atom stereocenters. The van der Waals surface area contributed by atoms with Crippen LogP contribution in [0.1, 0.15) is 26.7 Å². The molecule has 158 valence electrons. The van der Waals surface area contributed by atoms with E-state index in [1.54, 1.807) is 18.7 Å². The molecule has 0 radical (unpaired) electrons. The molecule has 0 aromatic heterocycles. The molecular weight excluding hydrogens is 378 g/mol. The number of fused-ring (bicyclic) bond motifs is 1. The zero-order valence-electron chi connectivity index (χ0n) is 17.6. The van der Waals surface area contributed by atoms with Gasteiger partial charge < -0.3 is 10.1 Å². The molecule has 2 amide bonds. The first kappa shape index (κ1) is 20.4. The highest BCUT2D eigenvalue weighted by atomic mass is 16.5. The number of nitrogens with one attached hydrogen (secondary N) is 1. The Kier molecular flexibility index (Phi) is 5.77. The summed E-state index contributed by atoms with van der Waals surface area (Å²) in [5, 5.41) is 2.91. The van der Waals surface area contributed by atoms with Crippen molar-refractivity contribution in [1.29, 1.82) is 0 Å². The maximum atomic E-state index is 13.3. The largest absolute Gasteiger partial charge is 0.493 e. The fourth-order valence-electron chi connectivity index (χ4n) is 4.20. The van der Waals surface area contributed by atoms with E-state index in [-0.39, 0.29) is 11.8 Å². The van der Waals surface area contributed by atoms with Crippen LogP contribution in [0.3, 0.4) is 0 Å². The van der Waals surface area contributed by atoms with Crippen LogP contribution in [0.2, 0.25) is 0 Å². The Morgan fingerprint density at radius 3 is 2.47 bits per heavy atom. The molecule has 0 saturated carbocycles. The minimum Gasteiger partial charge on any atom is -0.493 e. The summed E-state index contributed by atoms with van der Waals surface area (Å²) < 4.78 is 5.90. The molecule has 0 aliphatic carbocycles. The molecular formula is C24H29N3O3. The van der Waals surface area contributed by atoms with Gasteiger partial charge in [0.2, 0.25) is 11.8 Å². The molecule has 1 fully saturated rings. The van der Waals surface area contributed by atoms with Crippen molar-refractivity contribution in [3.8, 4) is 5.75 Å². The number of carbonyl (C=O) groups is 2. The van der Waals surface area contributed by atoms with Gasteiger partial charge in [-0.1, -0.05) is 30.3 Å². The van der Waals surface area contributed by atoms with Gasteiger partial charge in [-0.05, 0) is 70.0 Å². The van der Waals surface area contributed by atoms with Crippen molar-refractivity contribution in [1.82, 2.24) is 4.90 Å². The Balaban J connectivity index is 1.35. The van der Waals surface area contributed by atoms with E-state index >= 15 is 0 Å². The van der Waals surface area contributed by atoms with Crippen LogP contribution in [-0.2, 0) is 9.59 Å². The van der Waals surface area contributed by atoms with E-state index in [9.17, 15) is 9.59 Å². The second kappa shape index (κ2) is 8.48. The highest BCUT2D eigenvalue weighted by Crippen LogP contribution is 2.36. The van der Waals surface area contributed by atoms with Crippen LogP contribution in [0.25, 0.3) is 0 Å². The Bertz CT molecular complexity index is 905. The first-order valence-electron chi connectivity index (χ1n) is 10.6. The maximum absolute atomic E-state index is 13.3. The van der Waals surface area contributed by atoms with Crippen LogP contribution in [0.15, 0.2) is 54.6 Å². The van der Waals surface area contributed by atoms with Crippen LogP contribution >= 0.6 is 0 Å². The van der Waals surface area contributed by atoms with Crippen molar-refractivity contribution in [2.45, 2.75) is 32.2 Å². The van der Waals surface area contributed by atoms with E-state index in [0.29, 0.717) is 24.8 Å². The first-order chi connectivity index (χ1) is 14.4. The molecule has 1 saturated heterocycles. The highest BCUT2D eigenvalue weighted by molar-refractivity contribution is 6.14.